The van der Waals surface area contributed by atoms with Gasteiger partial charge in [-0.3, -0.25) is 4.79 Å². The van der Waals surface area contributed by atoms with E-state index >= 15 is 0 Å². The molecule has 1 aliphatic rings. The minimum atomic E-state index is -0.381. The lowest BCUT2D eigenvalue weighted by Gasteiger charge is -2.19. The molecule has 0 aromatic rings. The molecular formula is C14H27N3O2. The number of nitrogens with two attached hydrogens (primary N) is 1. The summed E-state index contributed by atoms with van der Waals surface area (Å²) in [5.41, 5.74) is 5.24. The number of nitrogens with one attached hydrogen (secondary N) is 1. The van der Waals surface area contributed by atoms with Crippen LogP contribution < -0.4 is 11.1 Å². The molecule has 0 aliphatic carbocycles. The lowest BCUT2D eigenvalue weighted by atomic mass is 10.0. The number of guanidine groups is 1. The molecule has 0 fully saturated rings. The van der Waals surface area contributed by atoms with Crippen LogP contribution in [0.25, 0.3) is 0 Å². The molecule has 3 N–H and O–H groups in total. The molecular weight excluding hydrogens is 242 g/mol. The summed E-state index contributed by atoms with van der Waals surface area (Å²) in [7, 11) is 0. The molecule has 2 unspecified atom stereocenters. The fourth-order valence-corrected chi connectivity index (χ4v) is 2.16. The van der Waals surface area contributed by atoms with Gasteiger partial charge in [-0.2, -0.15) is 0 Å². The molecule has 0 saturated carbocycles. The van der Waals surface area contributed by atoms with Crippen molar-refractivity contribution in [2.45, 2.75) is 77.5 Å². The van der Waals surface area contributed by atoms with E-state index in [2.05, 4.69) is 17.2 Å². The summed E-state index contributed by atoms with van der Waals surface area (Å²) < 4.78 is 5.26. The van der Waals surface area contributed by atoms with Crippen molar-refractivity contribution in [3.8, 4) is 0 Å². The number of aliphatic imine (C=N–C) groups is 1. The molecule has 0 bridgehead atoms. The van der Waals surface area contributed by atoms with Crippen molar-refractivity contribution < 1.29 is 9.53 Å². The first kappa shape index (κ1) is 15.8. The second kappa shape index (κ2) is 6.78. The van der Waals surface area contributed by atoms with Gasteiger partial charge in [0.1, 0.15) is 5.60 Å². The predicted octanol–water partition coefficient (Wildman–Crippen LogP) is 1.95. The van der Waals surface area contributed by atoms with Gasteiger partial charge in [0.2, 0.25) is 0 Å². The number of esters is 1. The molecule has 5 nitrogen and oxygen atoms in total. The normalized spacial score (nSPS) is 22.8. The fraction of sp³-hybridized carbons (Fsp3) is 0.857. The van der Waals surface area contributed by atoms with Gasteiger partial charge in [0.25, 0.3) is 0 Å². The summed E-state index contributed by atoms with van der Waals surface area (Å²) in [5, 5.41) is 3.11. The molecule has 0 saturated heterocycles. The van der Waals surface area contributed by atoms with Crippen molar-refractivity contribution in [1.29, 1.82) is 0 Å². The van der Waals surface area contributed by atoms with E-state index < -0.39 is 0 Å². The Kier molecular flexibility index (Phi) is 5.63. The number of hydrogen-bond acceptors (Lipinski definition) is 5. The Hall–Kier alpha value is -1.26. The summed E-state index contributed by atoms with van der Waals surface area (Å²) in [6.45, 7) is 7.76. The first-order valence-electron chi connectivity index (χ1n) is 7.09. The Morgan fingerprint density at radius 3 is 2.58 bits per heavy atom. The number of ether oxygens (including phenoxy) is 1. The fourth-order valence-electron chi connectivity index (χ4n) is 2.16. The van der Waals surface area contributed by atoms with E-state index in [0.717, 1.165) is 25.7 Å². The van der Waals surface area contributed by atoms with Crippen LogP contribution in [-0.2, 0) is 9.53 Å². The zero-order chi connectivity index (χ0) is 14.5. The van der Waals surface area contributed by atoms with Crippen LogP contribution in [0.1, 0.15) is 59.8 Å². The molecule has 2 atom stereocenters. The highest BCUT2D eigenvalue weighted by atomic mass is 16.6. The highest BCUT2D eigenvalue weighted by Gasteiger charge is 2.22. The van der Waals surface area contributed by atoms with E-state index in [0.29, 0.717) is 18.4 Å². The van der Waals surface area contributed by atoms with E-state index in [1.54, 1.807) is 0 Å². The number of nitrogens with zero attached hydrogens (tertiary/aromatic N) is 1. The quantitative estimate of drug-likeness (QED) is 0.571. The smallest absolute Gasteiger partial charge is 0.306 e. The van der Waals surface area contributed by atoms with Crippen LogP contribution in [0, 0.1) is 0 Å². The molecule has 0 amide bonds. The van der Waals surface area contributed by atoms with Crippen LogP contribution in [0.3, 0.4) is 0 Å². The van der Waals surface area contributed by atoms with Crippen molar-refractivity contribution in [2.24, 2.45) is 10.7 Å². The molecule has 19 heavy (non-hydrogen) atoms. The van der Waals surface area contributed by atoms with E-state index in [1.807, 2.05) is 20.8 Å². The molecule has 0 spiro atoms. The lowest BCUT2D eigenvalue weighted by molar-refractivity contribution is -0.154. The van der Waals surface area contributed by atoms with Crippen molar-refractivity contribution in [3.63, 3.8) is 0 Å². The van der Waals surface area contributed by atoms with Gasteiger partial charge in [-0.15, -0.1) is 0 Å². The Labute approximate surface area is 116 Å². The zero-order valence-electron chi connectivity index (χ0n) is 12.5. The van der Waals surface area contributed by atoms with Crippen molar-refractivity contribution in [1.82, 2.24) is 5.32 Å². The van der Waals surface area contributed by atoms with E-state index in [9.17, 15) is 4.79 Å². The van der Waals surface area contributed by atoms with Crippen LogP contribution in [-0.4, -0.2) is 29.6 Å². The standard InChI is InChI=1S/C14H27N3O2/c1-10-11(17-13(15)16-10)8-6-5-7-9-12(18)19-14(2,3)4/h10-11H,5-9H2,1-4H3,(H3,15,16,17). The molecule has 0 aromatic carbocycles. The summed E-state index contributed by atoms with van der Waals surface area (Å²) in [5.74, 6) is 0.442. The number of carbonyl (C=O) groups excluding carboxylic acids is 1. The average Bonchev–Trinajstić information content (AvgIpc) is 2.54. The number of hydrogen-bond donors (Lipinski definition) is 2. The maximum atomic E-state index is 11.5. The summed E-state index contributed by atoms with van der Waals surface area (Å²) in [4.78, 5) is 15.8. The third-order valence-corrected chi connectivity index (χ3v) is 3.06. The van der Waals surface area contributed by atoms with Crippen LogP contribution >= 0.6 is 0 Å². The van der Waals surface area contributed by atoms with Gasteiger partial charge >= 0.3 is 5.97 Å². The first-order valence-corrected chi connectivity index (χ1v) is 7.09. The highest BCUT2D eigenvalue weighted by molar-refractivity contribution is 5.80. The minimum absolute atomic E-state index is 0.106. The van der Waals surface area contributed by atoms with E-state index in [4.69, 9.17) is 10.5 Å². The number of carbonyl (C=O) groups is 1. The van der Waals surface area contributed by atoms with E-state index in [-0.39, 0.29) is 17.6 Å². The van der Waals surface area contributed by atoms with Gasteiger partial charge in [0.05, 0.1) is 6.04 Å². The van der Waals surface area contributed by atoms with Crippen LogP contribution in [0.5, 0.6) is 0 Å². The van der Waals surface area contributed by atoms with Crippen molar-refractivity contribution in [3.05, 3.63) is 0 Å². The monoisotopic (exact) mass is 269 g/mol. The summed E-state index contributed by atoms with van der Waals surface area (Å²) >= 11 is 0. The second-order valence-electron chi connectivity index (χ2n) is 6.20. The van der Waals surface area contributed by atoms with Crippen LogP contribution in [0.15, 0.2) is 4.99 Å². The minimum Gasteiger partial charge on any atom is -0.460 e. The van der Waals surface area contributed by atoms with Gasteiger partial charge in [-0.25, -0.2) is 4.99 Å². The van der Waals surface area contributed by atoms with Gasteiger partial charge < -0.3 is 15.8 Å². The van der Waals surface area contributed by atoms with Gasteiger partial charge in [-0.05, 0) is 40.5 Å². The first-order chi connectivity index (χ1) is 8.78. The molecule has 0 aromatic heterocycles. The molecule has 5 heteroatoms. The molecule has 1 aliphatic heterocycles. The summed E-state index contributed by atoms with van der Waals surface area (Å²) in [6.07, 6.45) is 4.49. The molecule has 1 heterocycles. The van der Waals surface area contributed by atoms with E-state index in [1.165, 1.54) is 0 Å². The average molecular weight is 269 g/mol. The predicted molar refractivity (Wildman–Crippen MR) is 76.9 cm³/mol. The maximum absolute atomic E-state index is 11.5. The van der Waals surface area contributed by atoms with Crippen molar-refractivity contribution in [2.75, 3.05) is 0 Å². The molecule has 1 rings (SSSR count). The SMILES string of the molecule is CC1NC(N)=NC1CCCCCC(=O)OC(C)(C)C. The zero-order valence-corrected chi connectivity index (χ0v) is 12.5. The largest absolute Gasteiger partial charge is 0.460 e. The highest BCUT2D eigenvalue weighted by Crippen LogP contribution is 2.15. The molecule has 110 valence electrons. The van der Waals surface area contributed by atoms with Crippen molar-refractivity contribution >= 4 is 11.9 Å². The second-order valence-corrected chi connectivity index (χ2v) is 6.20. The molecule has 0 radical (unpaired) electrons. The number of rotatable bonds is 6. The van der Waals surface area contributed by atoms with Crippen LogP contribution in [0.4, 0.5) is 0 Å². The Morgan fingerprint density at radius 2 is 2.05 bits per heavy atom. The summed E-state index contributed by atoms with van der Waals surface area (Å²) in [6, 6.07) is 0.604. The lowest BCUT2D eigenvalue weighted by Crippen LogP contribution is -2.35. The third kappa shape index (κ3) is 6.45. The van der Waals surface area contributed by atoms with Crippen LogP contribution in [0.2, 0.25) is 0 Å². The Balaban J connectivity index is 2.07. The Morgan fingerprint density at radius 1 is 1.37 bits per heavy atom. The Bertz CT molecular complexity index is 334. The third-order valence-electron chi connectivity index (χ3n) is 3.06. The maximum Gasteiger partial charge on any atom is 0.306 e. The van der Waals surface area contributed by atoms with Gasteiger partial charge in [0.15, 0.2) is 5.96 Å². The number of unbranched alkanes of at least 4 members (excludes halogenated alkanes) is 2. The van der Waals surface area contributed by atoms with Gasteiger partial charge in [0, 0.05) is 12.5 Å². The van der Waals surface area contributed by atoms with Gasteiger partial charge in [-0.1, -0.05) is 12.8 Å². The topological polar surface area (TPSA) is 76.7 Å².